The number of methoxy groups -OCH3 is 1. The first kappa shape index (κ1) is 10.9. The van der Waals surface area contributed by atoms with Crippen LogP contribution in [0.1, 0.15) is 4.88 Å². The topological polar surface area (TPSA) is 48.1 Å². The lowest BCUT2D eigenvalue weighted by molar-refractivity contribution is 0.415. The Kier molecular flexibility index (Phi) is 2.78. The average molecular weight is 238 g/mol. The van der Waals surface area contributed by atoms with E-state index in [9.17, 15) is 4.39 Å². The molecule has 2 N–H and O–H groups in total. The zero-order valence-electron chi connectivity index (χ0n) is 8.95. The van der Waals surface area contributed by atoms with Gasteiger partial charge in [0.15, 0.2) is 5.13 Å². The molecule has 0 aliphatic heterocycles. The summed E-state index contributed by atoms with van der Waals surface area (Å²) in [6.45, 7) is 1.90. The van der Waals surface area contributed by atoms with Gasteiger partial charge in [0.05, 0.1) is 12.8 Å². The van der Waals surface area contributed by atoms with Crippen molar-refractivity contribution in [2.24, 2.45) is 0 Å². The van der Waals surface area contributed by atoms with E-state index in [4.69, 9.17) is 10.5 Å². The fourth-order valence-electron chi connectivity index (χ4n) is 1.53. The first-order chi connectivity index (χ1) is 7.61. The maximum absolute atomic E-state index is 13.2. The quantitative estimate of drug-likeness (QED) is 0.875. The number of hydrogen-bond acceptors (Lipinski definition) is 4. The fraction of sp³-hybridized carbons (Fsp3) is 0.182. The summed E-state index contributed by atoms with van der Waals surface area (Å²) in [5.74, 6) is 0.275. The zero-order valence-corrected chi connectivity index (χ0v) is 9.77. The van der Waals surface area contributed by atoms with Crippen LogP contribution in [-0.4, -0.2) is 12.1 Å². The number of nitrogens with two attached hydrogens (primary N) is 1. The largest absolute Gasteiger partial charge is 0.496 e. The minimum atomic E-state index is -0.318. The zero-order chi connectivity index (χ0) is 11.7. The average Bonchev–Trinajstić information content (AvgIpc) is 2.57. The van der Waals surface area contributed by atoms with Crippen molar-refractivity contribution in [1.82, 2.24) is 4.98 Å². The van der Waals surface area contributed by atoms with E-state index in [1.54, 1.807) is 13.2 Å². The van der Waals surface area contributed by atoms with E-state index in [0.717, 1.165) is 4.88 Å². The van der Waals surface area contributed by atoms with Gasteiger partial charge in [-0.25, -0.2) is 9.37 Å². The molecule has 1 heterocycles. The number of aromatic nitrogens is 1. The van der Waals surface area contributed by atoms with Gasteiger partial charge in [-0.3, -0.25) is 0 Å². The monoisotopic (exact) mass is 238 g/mol. The molecule has 5 heteroatoms. The number of aryl methyl sites for hydroxylation is 1. The molecule has 1 aromatic heterocycles. The van der Waals surface area contributed by atoms with E-state index >= 15 is 0 Å². The Bertz CT molecular complexity index is 525. The first-order valence-corrected chi connectivity index (χ1v) is 5.50. The predicted molar refractivity (Wildman–Crippen MR) is 63.2 cm³/mol. The summed E-state index contributed by atoms with van der Waals surface area (Å²) in [6, 6.07) is 4.34. The highest BCUT2D eigenvalue weighted by atomic mass is 32.1. The van der Waals surface area contributed by atoms with E-state index in [1.807, 2.05) is 6.92 Å². The van der Waals surface area contributed by atoms with Gasteiger partial charge in [-0.1, -0.05) is 0 Å². The van der Waals surface area contributed by atoms with Crippen LogP contribution in [0.4, 0.5) is 9.52 Å². The molecule has 2 aromatic rings. The van der Waals surface area contributed by atoms with Crippen LogP contribution in [0.2, 0.25) is 0 Å². The van der Waals surface area contributed by atoms with Gasteiger partial charge in [0, 0.05) is 10.4 Å². The van der Waals surface area contributed by atoms with Crippen LogP contribution in [0.5, 0.6) is 5.75 Å². The van der Waals surface area contributed by atoms with Crippen LogP contribution in [0.15, 0.2) is 18.2 Å². The smallest absolute Gasteiger partial charge is 0.180 e. The maximum atomic E-state index is 13.2. The Labute approximate surface area is 96.7 Å². The molecule has 0 atom stereocenters. The lowest BCUT2D eigenvalue weighted by Crippen LogP contribution is -1.91. The second kappa shape index (κ2) is 4.09. The summed E-state index contributed by atoms with van der Waals surface area (Å²) in [7, 11) is 1.54. The molecule has 0 saturated heterocycles. The normalized spacial score (nSPS) is 10.4. The highest BCUT2D eigenvalue weighted by Gasteiger charge is 2.13. The SMILES string of the molecule is COc1ccc(F)cc1-c1nc(N)sc1C. The molecule has 0 spiro atoms. The van der Waals surface area contributed by atoms with Crippen LogP contribution in [0.25, 0.3) is 11.3 Å². The summed E-state index contributed by atoms with van der Waals surface area (Å²) in [5.41, 5.74) is 6.93. The summed E-state index contributed by atoms with van der Waals surface area (Å²) in [6.07, 6.45) is 0. The number of halogens is 1. The van der Waals surface area contributed by atoms with Crippen molar-refractivity contribution in [2.45, 2.75) is 6.92 Å². The van der Waals surface area contributed by atoms with Crippen molar-refractivity contribution in [3.05, 3.63) is 28.9 Å². The number of anilines is 1. The first-order valence-electron chi connectivity index (χ1n) is 4.68. The molecule has 0 radical (unpaired) electrons. The highest BCUT2D eigenvalue weighted by Crippen LogP contribution is 2.35. The van der Waals surface area contributed by atoms with Gasteiger partial charge in [0.2, 0.25) is 0 Å². The van der Waals surface area contributed by atoms with E-state index in [2.05, 4.69) is 4.98 Å². The van der Waals surface area contributed by atoms with Gasteiger partial charge in [0.25, 0.3) is 0 Å². The Morgan fingerprint density at radius 3 is 2.75 bits per heavy atom. The van der Waals surface area contributed by atoms with Gasteiger partial charge < -0.3 is 10.5 Å². The van der Waals surface area contributed by atoms with Crippen LogP contribution < -0.4 is 10.5 Å². The second-order valence-corrected chi connectivity index (χ2v) is 4.54. The van der Waals surface area contributed by atoms with E-state index in [1.165, 1.54) is 23.5 Å². The van der Waals surface area contributed by atoms with Crippen molar-refractivity contribution < 1.29 is 9.13 Å². The van der Waals surface area contributed by atoms with Gasteiger partial charge in [0.1, 0.15) is 11.6 Å². The number of ether oxygens (including phenoxy) is 1. The number of benzene rings is 1. The van der Waals surface area contributed by atoms with E-state index < -0.39 is 0 Å². The van der Waals surface area contributed by atoms with Crippen LogP contribution >= 0.6 is 11.3 Å². The Morgan fingerprint density at radius 1 is 1.44 bits per heavy atom. The molecular formula is C11H11FN2OS. The Hall–Kier alpha value is -1.62. The number of rotatable bonds is 2. The number of hydrogen-bond donors (Lipinski definition) is 1. The number of nitrogens with zero attached hydrogens (tertiary/aromatic N) is 1. The fourth-order valence-corrected chi connectivity index (χ4v) is 2.23. The van der Waals surface area contributed by atoms with Crippen molar-refractivity contribution >= 4 is 16.5 Å². The van der Waals surface area contributed by atoms with E-state index in [-0.39, 0.29) is 5.82 Å². The van der Waals surface area contributed by atoms with Crippen molar-refractivity contribution in [1.29, 1.82) is 0 Å². The van der Waals surface area contributed by atoms with Crippen LogP contribution in [-0.2, 0) is 0 Å². The minimum Gasteiger partial charge on any atom is -0.496 e. The summed E-state index contributed by atoms with van der Waals surface area (Å²) >= 11 is 1.38. The van der Waals surface area contributed by atoms with Crippen molar-refractivity contribution in [3.63, 3.8) is 0 Å². The molecule has 1 aromatic carbocycles. The maximum Gasteiger partial charge on any atom is 0.180 e. The third kappa shape index (κ3) is 1.86. The van der Waals surface area contributed by atoms with Gasteiger partial charge in [-0.2, -0.15) is 0 Å². The molecule has 0 saturated carbocycles. The number of thiazole rings is 1. The molecule has 0 fully saturated rings. The third-order valence-corrected chi connectivity index (χ3v) is 3.03. The summed E-state index contributed by atoms with van der Waals surface area (Å²) in [5, 5.41) is 0.471. The highest BCUT2D eigenvalue weighted by molar-refractivity contribution is 7.15. The van der Waals surface area contributed by atoms with Gasteiger partial charge >= 0.3 is 0 Å². The molecule has 0 amide bonds. The van der Waals surface area contributed by atoms with Crippen LogP contribution in [0.3, 0.4) is 0 Å². The number of nitrogen functional groups attached to an aromatic ring is 1. The lowest BCUT2D eigenvalue weighted by atomic mass is 10.1. The molecule has 2 rings (SSSR count). The molecular weight excluding hydrogens is 227 g/mol. The second-order valence-electron chi connectivity index (χ2n) is 3.30. The molecule has 0 unspecified atom stereocenters. The minimum absolute atomic E-state index is 0.318. The van der Waals surface area contributed by atoms with Crippen molar-refractivity contribution in [2.75, 3.05) is 12.8 Å². The van der Waals surface area contributed by atoms with Crippen molar-refractivity contribution in [3.8, 4) is 17.0 Å². The molecule has 0 aliphatic carbocycles. The van der Waals surface area contributed by atoms with E-state index in [0.29, 0.717) is 22.1 Å². The van der Waals surface area contributed by atoms with Crippen LogP contribution in [0, 0.1) is 12.7 Å². The molecule has 0 aliphatic rings. The molecule has 16 heavy (non-hydrogen) atoms. The lowest BCUT2D eigenvalue weighted by Gasteiger charge is -2.06. The summed E-state index contributed by atoms with van der Waals surface area (Å²) in [4.78, 5) is 5.13. The molecule has 3 nitrogen and oxygen atoms in total. The van der Waals surface area contributed by atoms with Gasteiger partial charge in [-0.05, 0) is 25.1 Å². The Morgan fingerprint density at radius 2 is 2.19 bits per heavy atom. The molecule has 84 valence electrons. The molecule has 0 bridgehead atoms. The standard InChI is InChI=1S/C11H11FN2OS/c1-6-10(14-11(13)16-6)8-5-7(12)3-4-9(8)15-2/h3-5H,1-2H3,(H2,13,14). The third-order valence-electron chi connectivity index (χ3n) is 2.23. The van der Waals surface area contributed by atoms with Gasteiger partial charge in [-0.15, -0.1) is 11.3 Å². The Balaban J connectivity index is 2.62. The predicted octanol–water partition coefficient (Wildman–Crippen LogP) is 2.85. The summed E-state index contributed by atoms with van der Waals surface area (Å²) < 4.78 is 18.4.